The Bertz CT molecular complexity index is 338. The number of morpholine rings is 1. The standard InChI is InChI=1S/C12H21N3O2/c1-12(2)9-15(6-10(17-12)8-16-3)7-11-13-4-5-14-11/h4-5,10H,6-9H2,1-3H3,(H,13,14)/t10-/m1/s1. The van der Waals surface area contributed by atoms with Crippen molar-refractivity contribution in [2.24, 2.45) is 0 Å². The van der Waals surface area contributed by atoms with E-state index in [1.54, 1.807) is 13.3 Å². The van der Waals surface area contributed by atoms with E-state index >= 15 is 0 Å². The average molecular weight is 239 g/mol. The summed E-state index contributed by atoms with van der Waals surface area (Å²) >= 11 is 0. The molecule has 1 saturated heterocycles. The quantitative estimate of drug-likeness (QED) is 0.853. The molecule has 0 saturated carbocycles. The molecule has 2 heterocycles. The van der Waals surface area contributed by atoms with Gasteiger partial charge < -0.3 is 14.5 Å². The van der Waals surface area contributed by atoms with Crippen LogP contribution in [0.15, 0.2) is 12.4 Å². The van der Waals surface area contributed by atoms with E-state index in [1.807, 2.05) is 6.20 Å². The van der Waals surface area contributed by atoms with E-state index in [0.717, 1.165) is 25.5 Å². The smallest absolute Gasteiger partial charge is 0.120 e. The van der Waals surface area contributed by atoms with E-state index in [4.69, 9.17) is 9.47 Å². The number of aromatic nitrogens is 2. The summed E-state index contributed by atoms with van der Waals surface area (Å²) in [5.41, 5.74) is -0.131. The fraction of sp³-hybridized carbons (Fsp3) is 0.750. The first-order valence-corrected chi connectivity index (χ1v) is 5.96. The number of imidazole rings is 1. The Morgan fingerprint density at radius 3 is 3.12 bits per heavy atom. The maximum absolute atomic E-state index is 5.97. The van der Waals surface area contributed by atoms with Crippen LogP contribution < -0.4 is 0 Å². The van der Waals surface area contributed by atoms with Crippen molar-refractivity contribution in [2.45, 2.75) is 32.1 Å². The highest BCUT2D eigenvalue weighted by molar-refractivity contribution is 4.91. The molecule has 1 aromatic heterocycles. The molecule has 5 heteroatoms. The average Bonchev–Trinajstić information content (AvgIpc) is 2.68. The zero-order valence-corrected chi connectivity index (χ0v) is 10.8. The van der Waals surface area contributed by atoms with Crippen molar-refractivity contribution < 1.29 is 9.47 Å². The van der Waals surface area contributed by atoms with Crippen molar-refractivity contribution in [3.63, 3.8) is 0 Å². The third kappa shape index (κ3) is 3.52. The lowest BCUT2D eigenvalue weighted by molar-refractivity contribution is -0.154. The van der Waals surface area contributed by atoms with Gasteiger partial charge in [-0.05, 0) is 13.8 Å². The molecule has 0 aromatic carbocycles. The van der Waals surface area contributed by atoms with Crippen LogP contribution in [0.25, 0.3) is 0 Å². The second-order valence-electron chi connectivity index (χ2n) is 5.16. The van der Waals surface area contributed by atoms with E-state index in [1.165, 1.54) is 0 Å². The van der Waals surface area contributed by atoms with Crippen LogP contribution in [0.2, 0.25) is 0 Å². The molecule has 1 aliphatic rings. The largest absolute Gasteiger partial charge is 0.382 e. The van der Waals surface area contributed by atoms with Crippen molar-refractivity contribution in [3.8, 4) is 0 Å². The first kappa shape index (κ1) is 12.5. The topological polar surface area (TPSA) is 50.4 Å². The fourth-order valence-corrected chi connectivity index (χ4v) is 2.41. The molecule has 0 unspecified atom stereocenters. The molecule has 0 radical (unpaired) electrons. The Labute approximate surface area is 102 Å². The highest BCUT2D eigenvalue weighted by atomic mass is 16.5. The van der Waals surface area contributed by atoms with Gasteiger partial charge in [0.1, 0.15) is 5.82 Å². The van der Waals surface area contributed by atoms with Crippen LogP contribution in [0.5, 0.6) is 0 Å². The highest BCUT2D eigenvalue weighted by Crippen LogP contribution is 2.22. The maximum Gasteiger partial charge on any atom is 0.120 e. The molecule has 1 N–H and O–H groups in total. The predicted molar refractivity (Wildman–Crippen MR) is 64.7 cm³/mol. The predicted octanol–water partition coefficient (Wildman–Crippen LogP) is 1.04. The SMILES string of the molecule is COC[C@H]1CN(Cc2ncc[nH]2)CC(C)(C)O1. The Morgan fingerprint density at radius 2 is 2.47 bits per heavy atom. The lowest BCUT2D eigenvalue weighted by Crippen LogP contribution is -2.53. The third-order valence-electron chi connectivity index (χ3n) is 2.83. The summed E-state index contributed by atoms with van der Waals surface area (Å²) in [5, 5.41) is 0. The van der Waals surface area contributed by atoms with Gasteiger partial charge in [-0.3, -0.25) is 4.90 Å². The molecule has 1 atom stereocenters. The normalized spacial score (nSPS) is 25.0. The van der Waals surface area contributed by atoms with Crippen LogP contribution in [0, 0.1) is 0 Å². The Balaban J connectivity index is 1.97. The summed E-state index contributed by atoms with van der Waals surface area (Å²) in [6.07, 6.45) is 3.78. The molecule has 1 aromatic rings. The number of H-pyrrole nitrogens is 1. The monoisotopic (exact) mass is 239 g/mol. The van der Waals surface area contributed by atoms with Crippen LogP contribution in [0.1, 0.15) is 19.7 Å². The molecule has 17 heavy (non-hydrogen) atoms. The molecule has 0 aliphatic carbocycles. The number of nitrogens with zero attached hydrogens (tertiary/aromatic N) is 2. The number of rotatable bonds is 4. The van der Waals surface area contributed by atoms with Gasteiger partial charge in [-0.1, -0.05) is 0 Å². The van der Waals surface area contributed by atoms with Gasteiger partial charge in [-0.15, -0.1) is 0 Å². The van der Waals surface area contributed by atoms with Crippen molar-refractivity contribution in [2.75, 3.05) is 26.8 Å². The van der Waals surface area contributed by atoms with Gasteiger partial charge >= 0.3 is 0 Å². The summed E-state index contributed by atoms with van der Waals surface area (Å²) in [4.78, 5) is 9.75. The van der Waals surface area contributed by atoms with E-state index in [-0.39, 0.29) is 11.7 Å². The molecular weight excluding hydrogens is 218 g/mol. The highest BCUT2D eigenvalue weighted by Gasteiger charge is 2.33. The third-order valence-corrected chi connectivity index (χ3v) is 2.83. The zero-order chi connectivity index (χ0) is 12.3. The molecule has 96 valence electrons. The van der Waals surface area contributed by atoms with Crippen LogP contribution in [0.3, 0.4) is 0 Å². The first-order chi connectivity index (χ1) is 8.09. The summed E-state index contributed by atoms with van der Waals surface area (Å²) in [5.74, 6) is 0.999. The van der Waals surface area contributed by atoms with E-state index in [9.17, 15) is 0 Å². The van der Waals surface area contributed by atoms with Gasteiger partial charge in [0.25, 0.3) is 0 Å². The number of nitrogens with one attached hydrogen (secondary N) is 1. The first-order valence-electron chi connectivity index (χ1n) is 5.96. The van der Waals surface area contributed by atoms with Crippen LogP contribution in [-0.4, -0.2) is 53.4 Å². The Kier molecular flexibility index (Phi) is 3.81. The second kappa shape index (κ2) is 5.16. The zero-order valence-electron chi connectivity index (χ0n) is 10.8. The van der Waals surface area contributed by atoms with Gasteiger partial charge in [-0.25, -0.2) is 4.98 Å². The lowest BCUT2D eigenvalue weighted by atomic mass is 10.1. The summed E-state index contributed by atoms with van der Waals surface area (Å²) in [6.45, 7) is 7.50. The number of hydrogen-bond acceptors (Lipinski definition) is 4. The van der Waals surface area contributed by atoms with Crippen molar-refractivity contribution in [1.29, 1.82) is 0 Å². The minimum absolute atomic E-state index is 0.131. The lowest BCUT2D eigenvalue weighted by Gasteiger charge is -2.42. The summed E-state index contributed by atoms with van der Waals surface area (Å²) in [6, 6.07) is 0. The molecule has 1 aliphatic heterocycles. The molecule has 1 fully saturated rings. The van der Waals surface area contributed by atoms with Gasteiger partial charge in [0.2, 0.25) is 0 Å². The Morgan fingerprint density at radius 1 is 1.65 bits per heavy atom. The molecule has 0 bridgehead atoms. The van der Waals surface area contributed by atoms with E-state index in [0.29, 0.717) is 6.61 Å². The summed E-state index contributed by atoms with van der Waals surface area (Å²) in [7, 11) is 1.71. The van der Waals surface area contributed by atoms with E-state index in [2.05, 4.69) is 28.7 Å². The van der Waals surface area contributed by atoms with Crippen LogP contribution in [0.4, 0.5) is 0 Å². The van der Waals surface area contributed by atoms with Crippen LogP contribution in [-0.2, 0) is 16.0 Å². The minimum atomic E-state index is -0.131. The molecule has 2 rings (SSSR count). The minimum Gasteiger partial charge on any atom is -0.382 e. The number of ether oxygens (including phenoxy) is 2. The number of aromatic amines is 1. The molecule has 5 nitrogen and oxygen atoms in total. The van der Waals surface area contributed by atoms with Gasteiger partial charge in [0.05, 0.1) is 24.9 Å². The molecular formula is C12H21N3O2. The van der Waals surface area contributed by atoms with Gasteiger partial charge in [-0.2, -0.15) is 0 Å². The number of hydrogen-bond donors (Lipinski definition) is 1. The van der Waals surface area contributed by atoms with Crippen molar-refractivity contribution >= 4 is 0 Å². The second-order valence-corrected chi connectivity index (χ2v) is 5.16. The summed E-state index contributed by atoms with van der Waals surface area (Å²) < 4.78 is 11.1. The molecule has 0 amide bonds. The van der Waals surface area contributed by atoms with Crippen LogP contribution >= 0.6 is 0 Å². The van der Waals surface area contributed by atoms with Crippen molar-refractivity contribution in [1.82, 2.24) is 14.9 Å². The number of methoxy groups -OCH3 is 1. The fourth-order valence-electron chi connectivity index (χ4n) is 2.41. The van der Waals surface area contributed by atoms with Gasteiger partial charge in [0.15, 0.2) is 0 Å². The van der Waals surface area contributed by atoms with Crippen molar-refractivity contribution in [3.05, 3.63) is 18.2 Å². The van der Waals surface area contributed by atoms with Gasteiger partial charge in [0, 0.05) is 32.6 Å². The van der Waals surface area contributed by atoms with E-state index < -0.39 is 0 Å². The Hall–Kier alpha value is -0.910. The molecule has 0 spiro atoms. The maximum atomic E-state index is 5.97.